The summed E-state index contributed by atoms with van der Waals surface area (Å²) in [5, 5.41) is 3.89. The van der Waals surface area contributed by atoms with E-state index in [2.05, 4.69) is 92.0 Å². The molecule has 0 aromatic heterocycles. The van der Waals surface area contributed by atoms with Crippen LogP contribution in [-0.4, -0.2) is 16.1 Å². The summed E-state index contributed by atoms with van der Waals surface area (Å²) in [5.41, 5.74) is 0. The van der Waals surface area contributed by atoms with E-state index < -0.39 is 16.1 Å². The Labute approximate surface area is 129 Å². The van der Waals surface area contributed by atoms with Crippen molar-refractivity contribution in [1.82, 2.24) is 0 Å². The van der Waals surface area contributed by atoms with Crippen molar-refractivity contribution in [3.05, 3.63) is 24.3 Å². The molecule has 1 aromatic carbocycles. The molecule has 0 saturated heterocycles. The van der Waals surface area contributed by atoms with Gasteiger partial charge in [0, 0.05) is 0 Å². The molecule has 0 spiro atoms. The van der Waals surface area contributed by atoms with Gasteiger partial charge in [0.25, 0.3) is 0 Å². The Morgan fingerprint density at radius 1 is 0.700 bits per heavy atom. The monoisotopic (exact) mass is 305 g/mol. The van der Waals surface area contributed by atoms with Crippen LogP contribution in [0.2, 0.25) is 36.3 Å². The molecular formula is C18H33Si2. The van der Waals surface area contributed by atoms with Crippen molar-refractivity contribution in [1.29, 1.82) is 0 Å². The summed E-state index contributed by atoms with van der Waals surface area (Å²) in [5.74, 6) is 0. The minimum Gasteiger partial charge on any atom is -0.0651 e. The van der Waals surface area contributed by atoms with Gasteiger partial charge >= 0.3 is 0 Å². The maximum absolute atomic E-state index is 3.46. The Kier molecular flexibility index (Phi) is 4.54. The van der Waals surface area contributed by atoms with Crippen molar-refractivity contribution < 1.29 is 0 Å². The van der Waals surface area contributed by atoms with Crippen LogP contribution < -0.4 is 10.4 Å². The Morgan fingerprint density at radius 2 is 1.00 bits per heavy atom. The van der Waals surface area contributed by atoms with Crippen molar-refractivity contribution in [2.45, 2.75) is 77.8 Å². The highest BCUT2D eigenvalue weighted by molar-refractivity contribution is 6.94. The molecule has 0 aliphatic heterocycles. The van der Waals surface area contributed by atoms with E-state index >= 15 is 0 Å². The minimum absolute atomic E-state index is 0.382. The third kappa shape index (κ3) is 3.11. The van der Waals surface area contributed by atoms with E-state index in [0.29, 0.717) is 10.1 Å². The Balaban J connectivity index is 3.36. The summed E-state index contributed by atoms with van der Waals surface area (Å²) in [6.07, 6.45) is 0. The smallest absolute Gasteiger partial charge is 0.0651 e. The lowest BCUT2D eigenvalue weighted by atomic mass is 10.2. The van der Waals surface area contributed by atoms with Crippen LogP contribution in [0.1, 0.15) is 41.5 Å². The molecule has 0 aliphatic rings. The second-order valence-corrected chi connectivity index (χ2v) is 19.9. The van der Waals surface area contributed by atoms with Crippen LogP contribution in [0.5, 0.6) is 0 Å². The third-order valence-electron chi connectivity index (χ3n) is 5.98. The molecule has 0 aliphatic carbocycles. The highest BCUT2D eigenvalue weighted by Crippen LogP contribution is 2.37. The predicted octanol–water partition coefficient (Wildman–Crippen LogP) is 4.92. The van der Waals surface area contributed by atoms with E-state index in [0.717, 1.165) is 0 Å². The van der Waals surface area contributed by atoms with Gasteiger partial charge in [-0.1, -0.05) is 96.3 Å². The maximum atomic E-state index is 3.46. The van der Waals surface area contributed by atoms with Gasteiger partial charge in [-0.2, -0.15) is 0 Å². The molecule has 0 bridgehead atoms. The van der Waals surface area contributed by atoms with Gasteiger partial charge in [-0.3, -0.25) is 0 Å². The molecule has 0 fully saturated rings. The molecule has 0 heterocycles. The fourth-order valence-corrected chi connectivity index (χ4v) is 5.86. The fraction of sp³-hybridized carbons (Fsp3) is 0.667. The molecule has 0 atom stereocenters. The van der Waals surface area contributed by atoms with Gasteiger partial charge in [0.2, 0.25) is 0 Å². The van der Waals surface area contributed by atoms with Gasteiger partial charge in [-0.25, -0.2) is 0 Å². The standard InChI is InChI=1S/C18H33Si2/c1-17(2,3)19(7,8)15-12-11-13-16(14-15)20(9,10)18(4,5)6/h12-14H,1-10H3. The van der Waals surface area contributed by atoms with Crippen LogP contribution in [-0.2, 0) is 0 Å². The highest BCUT2D eigenvalue weighted by Gasteiger charge is 2.40. The molecular weight excluding hydrogens is 272 g/mol. The quantitative estimate of drug-likeness (QED) is 0.681. The number of benzene rings is 1. The van der Waals surface area contributed by atoms with E-state index in [9.17, 15) is 0 Å². The first-order valence-electron chi connectivity index (χ1n) is 7.73. The number of hydrogen-bond acceptors (Lipinski definition) is 0. The predicted molar refractivity (Wildman–Crippen MR) is 98.9 cm³/mol. The fourth-order valence-electron chi connectivity index (χ4n) is 2.06. The third-order valence-corrected chi connectivity index (χ3v) is 16.9. The van der Waals surface area contributed by atoms with Crippen molar-refractivity contribution in [3.8, 4) is 0 Å². The summed E-state index contributed by atoms with van der Waals surface area (Å²) in [4.78, 5) is 0. The van der Waals surface area contributed by atoms with Gasteiger partial charge in [0.1, 0.15) is 0 Å². The molecule has 0 amide bonds. The van der Waals surface area contributed by atoms with Crippen LogP contribution in [0.4, 0.5) is 0 Å². The molecule has 113 valence electrons. The lowest BCUT2D eigenvalue weighted by molar-refractivity contribution is 0.728. The second-order valence-electron chi connectivity index (χ2n) is 9.26. The van der Waals surface area contributed by atoms with E-state index in [-0.39, 0.29) is 0 Å². The summed E-state index contributed by atoms with van der Waals surface area (Å²) < 4.78 is 0. The van der Waals surface area contributed by atoms with Crippen molar-refractivity contribution >= 4 is 26.5 Å². The first-order valence-corrected chi connectivity index (χ1v) is 13.7. The normalized spacial score (nSPS) is 14.5. The van der Waals surface area contributed by atoms with Gasteiger partial charge in [-0.05, 0) is 16.1 Å². The summed E-state index contributed by atoms with van der Waals surface area (Å²) in [6.45, 7) is 24.3. The molecule has 0 saturated carbocycles. The first kappa shape index (κ1) is 17.7. The summed E-state index contributed by atoms with van der Waals surface area (Å²) in [6, 6.07) is 10.5. The molecule has 1 radical (unpaired) electrons. The SMILES string of the molecule is CC(C)(C)[Si](C)(C)c1c[c]cc([Si](C)(C)C(C)(C)C)c1. The van der Waals surface area contributed by atoms with Crippen LogP contribution in [0.3, 0.4) is 0 Å². The van der Waals surface area contributed by atoms with Crippen LogP contribution >= 0.6 is 0 Å². The Morgan fingerprint density at radius 3 is 1.25 bits per heavy atom. The molecule has 0 nitrogen and oxygen atoms in total. The topological polar surface area (TPSA) is 0 Å². The Hall–Kier alpha value is -0.346. The molecule has 0 N–H and O–H groups in total. The van der Waals surface area contributed by atoms with E-state index in [1.165, 1.54) is 0 Å². The zero-order valence-electron chi connectivity index (χ0n) is 15.2. The molecule has 1 aromatic rings. The van der Waals surface area contributed by atoms with Crippen molar-refractivity contribution in [2.75, 3.05) is 0 Å². The van der Waals surface area contributed by atoms with Crippen molar-refractivity contribution in [2.24, 2.45) is 0 Å². The second kappa shape index (κ2) is 5.13. The minimum atomic E-state index is -1.46. The lowest BCUT2D eigenvalue weighted by Gasteiger charge is -2.40. The molecule has 2 heteroatoms. The van der Waals surface area contributed by atoms with Crippen LogP contribution in [0.25, 0.3) is 0 Å². The van der Waals surface area contributed by atoms with Crippen LogP contribution in [0, 0.1) is 6.07 Å². The van der Waals surface area contributed by atoms with E-state index in [1.807, 2.05) is 0 Å². The van der Waals surface area contributed by atoms with Gasteiger partial charge in [-0.15, -0.1) is 0 Å². The van der Waals surface area contributed by atoms with Gasteiger partial charge in [0.15, 0.2) is 0 Å². The zero-order chi connectivity index (χ0) is 16.0. The summed E-state index contributed by atoms with van der Waals surface area (Å²) in [7, 11) is -2.92. The van der Waals surface area contributed by atoms with Gasteiger partial charge < -0.3 is 0 Å². The van der Waals surface area contributed by atoms with Crippen molar-refractivity contribution in [3.63, 3.8) is 0 Å². The molecule has 1 rings (SSSR count). The van der Waals surface area contributed by atoms with E-state index in [1.54, 1.807) is 10.4 Å². The molecule has 0 unspecified atom stereocenters. The first-order chi connectivity index (χ1) is 8.71. The zero-order valence-corrected chi connectivity index (χ0v) is 17.2. The average Bonchev–Trinajstić information content (AvgIpc) is 2.26. The molecule has 20 heavy (non-hydrogen) atoms. The largest absolute Gasteiger partial charge is 0.0859 e. The summed E-state index contributed by atoms with van der Waals surface area (Å²) >= 11 is 0. The maximum Gasteiger partial charge on any atom is 0.0859 e. The van der Waals surface area contributed by atoms with Crippen LogP contribution in [0.15, 0.2) is 18.2 Å². The van der Waals surface area contributed by atoms with E-state index in [4.69, 9.17) is 0 Å². The number of hydrogen-bond donors (Lipinski definition) is 0. The average molecular weight is 306 g/mol. The lowest BCUT2D eigenvalue weighted by Crippen LogP contribution is -2.54. The number of rotatable bonds is 2. The van der Waals surface area contributed by atoms with Gasteiger partial charge in [0.05, 0.1) is 16.1 Å². The Bertz CT molecular complexity index is 430. The highest BCUT2D eigenvalue weighted by atomic mass is 28.3.